The first kappa shape index (κ1) is 18.3. The Kier molecular flexibility index (Phi) is 6.05. The van der Waals surface area contributed by atoms with Gasteiger partial charge in [0.15, 0.2) is 0 Å². The maximum atomic E-state index is 12.4. The zero-order valence-corrected chi connectivity index (χ0v) is 11.7. The number of alkyl halides is 3. The quantitative estimate of drug-likeness (QED) is 0.792. The van der Waals surface area contributed by atoms with E-state index in [1.165, 1.54) is 6.08 Å². The molecule has 8 heteroatoms. The van der Waals surface area contributed by atoms with Crippen LogP contribution < -0.4 is 0 Å². The first-order valence-electron chi connectivity index (χ1n) is 5.84. The molecule has 0 aliphatic carbocycles. The van der Waals surface area contributed by atoms with Crippen molar-refractivity contribution in [1.29, 1.82) is 0 Å². The number of hydrogen-bond acceptors (Lipinski definition) is 2. The molecule has 116 valence electrons. The number of carbonyl (C=O) groups is 2. The third kappa shape index (κ3) is 6.44. The van der Waals surface area contributed by atoms with Gasteiger partial charge in [-0.15, -0.1) is 6.58 Å². The number of rotatable bonds is 5. The highest BCUT2D eigenvalue weighted by molar-refractivity contribution is 5.80. The Bertz CT molecular complexity index is 375. The van der Waals surface area contributed by atoms with Crippen LogP contribution in [0, 0.1) is 0 Å². The molecule has 1 N–H and O–H groups in total. The summed E-state index contributed by atoms with van der Waals surface area (Å²) in [5, 5.41) is 8.64. The second-order valence-electron chi connectivity index (χ2n) is 5.22. The van der Waals surface area contributed by atoms with Crippen LogP contribution in [0.4, 0.5) is 18.0 Å². The summed E-state index contributed by atoms with van der Waals surface area (Å²) in [6, 6.07) is -0.989. The average molecular weight is 296 g/mol. The van der Waals surface area contributed by atoms with Gasteiger partial charge in [0.05, 0.1) is 0 Å². The number of hydrogen-bond donors (Lipinski definition) is 1. The first-order valence-corrected chi connectivity index (χ1v) is 5.84. The predicted molar refractivity (Wildman–Crippen MR) is 67.3 cm³/mol. The molecule has 0 rings (SSSR count). The Morgan fingerprint density at radius 3 is 2.05 bits per heavy atom. The Morgan fingerprint density at radius 2 is 1.75 bits per heavy atom. The lowest BCUT2D eigenvalue weighted by Gasteiger charge is -2.38. The highest BCUT2D eigenvalue weighted by Crippen LogP contribution is 2.20. The van der Waals surface area contributed by atoms with E-state index in [1.54, 1.807) is 20.8 Å². The van der Waals surface area contributed by atoms with Crippen molar-refractivity contribution in [3.8, 4) is 0 Å². The van der Waals surface area contributed by atoms with E-state index in [9.17, 15) is 22.8 Å². The van der Waals surface area contributed by atoms with Crippen molar-refractivity contribution in [3.63, 3.8) is 0 Å². The van der Waals surface area contributed by atoms with Crippen LogP contribution in [0.5, 0.6) is 0 Å². The highest BCUT2D eigenvalue weighted by Gasteiger charge is 2.37. The number of carbonyl (C=O) groups excluding carboxylic acids is 1. The molecule has 0 unspecified atom stereocenters. The molecule has 5 nitrogen and oxygen atoms in total. The second-order valence-corrected chi connectivity index (χ2v) is 5.22. The van der Waals surface area contributed by atoms with E-state index in [4.69, 9.17) is 5.11 Å². The van der Waals surface area contributed by atoms with Crippen LogP contribution in [0.15, 0.2) is 12.7 Å². The third-order valence-corrected chi connectivity index (χ3v) is 2.32. The molecular formula is C12H19F3N2O3. The molecule has 0 aliphatic rings. The van der Waals surface area contributed by atoms with Gasteiger partial charge in [-0.3, -0.25) is 4.79 Å². The molecule has 0 aromatic rings. The summed E-state index contributed by atoms with van der Waals surface area (Å²) in [6.45, 7) is 5.76. The maximum absolute atomic E-state index is 12.4. The molecule has 0 saturated heterocycles. The SMILES string of the molecule is C=CCN(C(=O)N(CC(=O)O)CC(F)(F)F)C(C)(C)C. The van der Waals surface area contributed by atoms with Crippen molar-refractivity contribution in [1.82, 2.24) is 9.80 Å². The van der Waals surface area contributed by atoms with Crippen LogP contribution >= 0.6 is 0 Å². The second kappa shape index (κ2) is 6.62. The van der Waals surface area contributed by atoms with E-state index in [0.717, 1.165) is 4.90 Å². The van der Waals surface area contributed by atoms with Crippen LogP contribution in [0.25, 0.3) is 0 Å². The molecule has 0 saturated carbocycles. The summed E-state index contributed by atoms with van der Waals surface area (Å²) in [5.41, 5.74) is -0.756. The summed E-state index contributed by atoms with van der Waals surface area (Å²) in [7, 11) is 0. The fourth-order valence-corrected chi connectivity index (χ4v) is 1.51. The van der Waals surface area contributed by atoms with Gasteiger partial charge in [-0.25, -0.2) is 4.79 Å². The van der Waals surface area contributed by atoms with Gasteiger partial charge in [-0.2, -0.15) is 13.2 Å². The van der Waals surface area contributed by atoms with Gasteiger partial charge in [-0.1, -0.05) is 6.08 Å². The molecule has 0 heterocycles. The molecule has 0 aliphatic heterocycles. The summed E-state index contributed by atoms with van der Waals surface area (Å²) in [5.74, 6) is -1.50. The number of carboxylic acids is 1. The monoisotopic (exact) mass is 296 g/mol. The van der Waals surface area contributed by atoms with Crippen molar-refractivity contribution in [2.24, 2.45) is 0 Å². The Morgan fingerprint density at radius 1 is 1.25 bits per heavy atom. The maximum Gasteiger partial charge on any atom is 0.406 e. The number of amides is 2. The molecular weight excluding hydrogens is 277 g/mol. The zero-order valence-electron chi connectivity index (χ0n) is 11.7. The minimum absolute atomic E-state index is 0.0241. The Hall–Kier alpha value is -1.73. The minimum Gasteiger partial charge on any atom is -0.480 e. The summed E-state index contributed by atoms with van der Waals surface area (Å²) in [4.78, 5) is 24.2. The number of halogens is 3. The molecule has 0 spiro atoms. The Labute approximate surface area is 115 Å². The molecule has 0 aromatic carbocycles. The first-order chi connectivity index (χ1) is 8.88. The van der Waals surface area contributed by atoms with E-state index >= 15 is 0 Å². The lowest BCUT2D eigenvalue weighted by atomic mass is 10.1. The number of urea groups is 1. The fraction of sp³-hybridized carbons (Fsp3) is 0.667. The minimum atomic E-state index is -4.66. The van der Waals surface area contributed by atoms with Crippen molar-refractivity contribution in [2.75, 3.05) is 19.6 Å². The molecule has 0 aromatic heterocycles. The third-order valence-electron chi connectivity index (χ3n) is 2.32. The van der Waals surface area contributed by atoms with Crippen molar-refractivity contribution in [3.05, 3.63) is 12.7 Å². The molecule has 2 amide bonds. The van der Waals surface area contributed by atoms with Crippen LogP contribution in [-0.2, 0) is 4.79 Å². The van der Waals surface area contributed by atoms with Crippen LogP contribution in [0.2, 0.25) is 0 Å². The predicted octanol–water partition coefficient (Wildman–Crippen LogP) is 2.34. The van der Waals surface area contributed by atoms with Crippen LogP contribution in [0.3, 0.4) is 0 Å². The Balaban J connectivity index is 5.26. The molecule has 20 heavy (non-hydrogen) atoms. The van der Waals surface area contributed by atoms with E-state index in [1.807, 2.05) is 0 Å². The average Bonchev–Trinajstić information content (AvgIpc) is 2.19. The standard InChI is InChI=1S/C12H19F3N2O3/c1-5-6-17(11(2,3)4)10(20)16(7-9(18)19)8-12(13,14)15/h5H,1,6-8H2,2-4H3,(H,18,19). The van der Waals surface area contributed by atoms with Gasteiger partial charge in [0, 0.05) is 12.1 Å². The van der Waals surface area contributed by atoms with Gasteiger partial charge in [0.25, 0.3) is 0 Å². The lowest BCUT2D eigenvalue weighted by molar-refractivity contribution is -0.150. The van der Waals surface area contributed by atoms with Crippen molar-refractivity contribution >= 4 is 12.0 Å². The number of aliphatic carboxylic acids is 1. The summed E-state index contributed by atoms with van der Waals surface area (Å²) >= 11 is 0. The topological polar surface area (TPSA) is 60.9 Å². The van der Waals surface area contributed by atoms with Crippen LogP contribution in [0.1, 0.15) is 20.8 Å². The highest BCUT2D eigenvalue weighted by atomic mass is 19.4. The van der Waals surface area contributed by atoms with Crippen molar-refractivity contribution in [2.45, 2.75) is 32.5 Å². The zero-order chi connectivity index (χ0) is 16.1. The van der Waals surface area contributed by atoms with Gasteiger partial charge in [0.2, 0.25) is 0 Å². The number of carboxylic acid groups (broad SMARTS) is 1. The smallest absolute Gasteiger partial charge is 0.406 e. The fourth-order valence-electron chi connectivity index (χ4n) is 1.51. The van der Waals surface area contributed by atoms with E-state index in [2.05, 4.69) is 6.58 Å². The largest absolute Gasteiger partial charge is 0.480 e. The van der Waals surface area contributed by atoms with Crippen molar-refractivity contribution < 1.29 is 27.9 Å². The van der Waals surface area contributed by atoms with E-state index in [-0.39, 0.29) is 11.4 Å². The van der Waals surface area contributed by atoms with Gasteiger partial charge >= 0.3 is 18.2 Å². The molecule has 0 fully saturated rings. The summed E-state index contributed by atoms with van der Waals surface area (Å²) in [6.07, 6.45) is -3.29. The van der Waals surface area contributed by atoms with E-state index in [0.29, 0.717) is 0 Å². The molecule has 0 bridgehead atoms. The molecule has 0 radical (unpaired) electrons. The summed E-state index contributed by atoms with van der Waals surface area (Å²) < 4.78 is 37.3. The number of nitrogens with zero attached hydrogens (tertiary/aromatic N) is 2. The van der Waals surface area contributed by atoms with Gasteiger partial charge in [-0.05, 0) is 20.8 Å². The lowest BCUT2D eigenvalue weighted by Crippen LogP contribution is -2.54. The molecule has 0 atom stereocenters. The van der Waals surface area contributed by atoms with Crippen LogP contribution in [-0.4, -0.2) is 58.3 Å². The van der Waals surface area contributed by atoms with Gasteiger partial charge in [0.1, 0.15) is 13.1 Å². The van der Waals surface area contributed by atoms with Gasteiger partial charge < -0.3 is 14.9 Å². The normalized spacial score (nSPS) is 11.9. The van der Waals surface area contributed by atoms with E-state index < -0.39 is 36.8 Å².